The number of aromatic nitrogens is 1. The monoisotopic (exact) mass is 454 g/mol. The fraction of sp³-hybridized carbons (Fsp3) is 0.182. The Balaban J connectivity index is 1.66. The predicted molar refractivity (Wildman–Crippen MR) is 121 cm³/mol. The average Bonchev–Trinajstić information content (AvgIpc) is 3.24. The Bertz CT molecular complexity index is 1130. The lowest BCUT2D eigenvalue weighted by Crippen LogP contribution is -2.20. The van der Waals surface area contributed by atoms with Crippen LogP contribution in [-0.4, -0.2) is 36.4 Å². The molecule has 166 valence electrons. The van der Waals surface area contributed by atoms with E-state index in [-0.39, 0.29) is 18.4 Å². The van der Waals surface area contributed by atoms with Crippen LogP contribution >= 0.6 is 11.3 Å². The summed E-state index contributed by atoms with van der Waals surface area (Å²) in [5.74, 6) is -0.453. The van der Waals surface area contributed by atoms with Crippen LogP contribution < -0.4 is 25.8 Å². The number of nitrogens with two attached hydrogens (primary N) is 1. The number of hydrogen-bond donors (Lipinski definition) is 3. The molecule has 0 radical (unpaired) electrons. The molecule has 4 N–H and O–H groups in total. The Kier molecular flexibility index (Phi) is 7.40. The fourth-order valence-electron chi connectivity index (χ4n) is 2.73. The van der Waals surface area contributed by atoms with Gasteiger partial charge in [0.1, 0.15) is 0 Å². The molecule has 32 heavy (non-hydrogen) atoms. The molecule has 3 aromatic rings. The van der Waals surface area contributed by atoms with E-state index in [4.69, 9.17) is 15.2 Å². The highest BCUT2D eigenvalue weighted by Crippen LogP contribution is 2.29. The van der Waals surface area contributed by atoms with E-state index in [1.165, 1.54) is 37.5 Å². The largest absolute Gasteiger partial charge is 0.493 e. The van der Waals surface area contributed by atoms with Crippen LogP contribution in [0.25, 0.3) is 11.3 Å². The van der Waals surface area contributed by atoms with Gasteiger partial charge in [0.2, 0.25) is 5.91 Å². The molecule has 0 aliphatic heterocycles. The van der Waals surface area contributed by atoms with Crippen molar-refractivity contribution < 1.29 is 23.9 Å². The third-order valence-electron chi connectivity index (χ3n) is 4.31. The highest BCUT2D eigenvalue weighted by atomic mass is 32.1. The summed E-state index contributed by atoms with van der Waals surface area (Å²) < 4.78 is 10.5. The zero-order valence-corrected chi connectivity index (χ0v) is 18.3. The van der Waals surface area contributed by atoms with Crippen molar-refractivity contribution >= 4 is 34.2 Å². The molecule has 2 aromatic carbocycles. The van der Waals surface area contributed by atoms with E-state index in [0.717, 1.165) is 16.8 Å². The summed E-state index contributed by atoms with van der Waals surface area (Å²) in [5.41, 5.74) is 8.02. The van der Waals surface area contributed by atoms with E-state index >= 15 is 0 Å². The Morgan fingerprint density at radius 2 is 1.84 bits per heavy atom. The predicted octanol–water partition coefficient (Wildman–Crippen LogP) is 2.57. The minimum absolute atomic E-state index is 0.0839. The van der Waals surface area contributed by atoms with Gasteiger partial charge in [0.05, 0.1) is 12.8 Å². The second kappa shape index (κ2) is 10.4. The number of carbonyl (C=O) groups excluding carboxylic acids is 3. The van der Waals surface area contributed by atoms with Gasteiger partial charge >= 0.3 is 0 Å². The van der Waals surface area contributed by atoms with Crippen LogP contribution in [0.15, 0.2) is 47.8 Å². The number of thiazole rings is 1. The molecule has 0 saturated heterocycles. The van der Waals surface area contributed by atoms with E-state index in [2.05, 4.69) is 15.6 Å². The first-order chi connectivity index (χ1) is 15.4. The van der Waals surface area contributed by atoms with Gasteiger partial charge in [-0.15, -0.1) is 11.3 Å². The first-order valence-electron chi connectivity index (χ1n) is 9.55. The van der Waals surface area contributed by atoms with Crippen molar-refractivity contribution in [1.29, 1.82) is 0 Å². The molecule has 3 rings (SSSR count). The van der Waals surface area contributed by atoms with Crippen LogP contribution in [0.4, 0.5) is 5.13 Å². The normalized spacial score (nSPS) is 10.3. The maximum absolute atomic E-state index is 12.6. The van der Waals surface area contributed by atoms with E-state index in [1.54, 1.807) is 6.07 Å². The Morgan fingerprint density at radius 1 is 1.09 bits per heavy atom. The quantitative estimate of drug-likeness (QED) is 0.455. The van der Waals surface area contributed by atoms with Crippen LogP contribution in [0.5, 0.6) is 11.5 Å². The lowest BCUT2D eigenvalue weighted by Gasteiger charge is -2.11. The lowest BCUT2D eigenvalue weighted by atomic mass is 10.1. The van der Waals surface area contributed by atoms with Crippen molar-refractivity contribution in [3.05, 3.63) is 59.0 Å². The molecule has 1 heterocycles. The summed E-state index contributed by atoms with van der Waals surface area (Å²) in [4.78, 5) is 39.0. The molecule has 0 fully saturated rings. The Morgan fingerprint density at radius 3 is 2.50 bits per heavy atom. The van der Waals surface area contributed by atoms with Crippen molar-refractivity contribution in [2.75, 3.05) is 19.0 Å². The molecule has 0 atom stereocenters. The molecule has 0 unspecified atom stereocenters. The highest BCUT2D eigenvalue weighted by Gasteiger charge is 2.14. The van der Waals surface area contributed by atoms with Gasteiger partial charge in [-0.05, 0) is 23.8 Å². The number of primary amides is 1. The number of methoxy groups -OCH3 is 1. The maximum atomic E-state index is 12.6. The topological polar surface area (TPSA) is 133 Å². The molecule has 0 spiro atoms. The third kappa shape index (κ3) is 6.05. The number of nitrogens with zero attached hydrogens (tertiary/aromatic N) is 1. The number of hydrogen-bond acceptors (Lipinski definition) is 7. The van der Waals surface area contributed by atoms with E-state index < -0.39 is 5.91 Å². The molecule has 10 heteroatoms. The summed E-state index contributed by atoms with van der Waals surface area (Å²) in [5, 5.41) is 7.80. The second-order valence-corrected chi connectivity index (χ2v) is 7.58. The summed E-state index contributed by atoms with van der Waals surface area (Å²) >= 11 is 1.30. The molecular weight excluding hydrogens is 432 g/mol. The number of carbonyl (C=O) groups is 3. The van der Waals surface area contributed by atoms with Crippen molar-refractivity contribution in [2.45, 2.75) is 13.5 Å². The molecule has 1 aromatic heterocycles. The first-order valence-corrected chi connectivity index (χ1v) is 10.4. The Hall–Kier alpha value is -3.92. The van der Waals surface area contributed by atoms with Gasteiger partial charge < -0.3 is 20.5 Å². The van der Waals surface area contributed by atoms with Crippen LogP contribution in [0.1, 0.15) is 22.8 Å². The average molecular weight is 455 g/mol. The number of amides is 3. The molecule has 0 bridgehead atoms. The van der Waals surface area contributed by atoms with Gasteiger partial charge in [-0.25, -0.2) is 4.98 Å². The summed E-state index contributed by atoms with van der Waals surface area (Å²) in [6.07, 6.45) is 0. The van der Waals surface area contributed by atoms with Gasteiger partial charge in [0.15, 0.2) is 23.2 Å². The summed E-state index contributed by atoms with van der Waals surface area (Å²) in [6.45, 7) is 1.64. The van der Waals surface area contributed by atoms with E-state index in [1.807, 2.05) is 29.6 Å². The molecular formula is C22H22N4O5S. The maximum Gasteiger partial charge on any atom is 0.257 e. The number of nitrogens with one attached hydrogen (secondary N) is 2. The summed E-state index contributed by atoms with van der Waals surface area (Å²) in [7, 11) is 1.43. The number of ether oxygens (including phenoxy) is 2. The molecule has 0 aliphatic carbocycles. The van der Waals surface area contributed by atoms with Crippen LogP contribution in [-0.2, 0) is 16.1 Å². The number of rotatable bonds is 9. The van der Waals surface area contributed by atoms with Crippen LogP contribution in [0.2, 0.25) is 0 Å². The van der Waals surface area contributed by atoms with Crippen molar-refractivity contribution in [1.82, 2.24) is 10.3 Å². The Labute approximate surface area is 188 Å². The number of benzene rings is 2. The van der Waals surface area contributed by atoms with E-state index in [0.29, 0.717) is 28.7 Å². The summed E-state index contributed by atoms with van der Waals surface area (Å²) in [6, 6.07) is 12.2. The van der Waals surface area contributed by atoms with Crippen molar-refractivity contribution in [2.24, 2.45) is 5.73 Å². The minimum Gasteiger partial charge on any atom is -0.493 e. The van der Waals surface area contributed by atoms with Crippen molar-refractivity contribution in [3.8, 4) is 22.8 Å². The second-order valence-electron chi connectivity index (χ2n) is 6.72. The highest BCUT2D eigenvalue weighted by molar-refractivity contribution is 7.14. The van der Waals surface area contributed by atoms with Gasteiger partial charge in [-0.1, -0.05) is 24.3 Å². The SMILES string of the molecule is COc1cc(C(=O)Nc2nc(-c3ccc(CNC(C)=O)cc3)cs2)ccc1OCC(N)=O. The number of anilines is 1. The zero-order chi connectivity index (χ0) is 23.1. The van der Waals surface area contributed by atoms with Crippen LogP contribution in [0.3, 0.4) is 0 Å². The standard InChI is InChI=1S/C22H22N4O5S/c1-13(27)24-10-14-3-5-15(6-4-14)17-12-32-22(25-17)26-21(29)16-7-8-18(19(9-16)30-2)31-11-20(23)28/h3-9,12H,10-11H2,1-2H3,(H2,23,28)(H,24,27)(H,25,26,29). The van der Waals surface area contributed by atoms with Crippen LogP contribution in [0, 0.1) is 0 Å². The molecule has 9 nitrogen and oxygen atoms in total. The van der Waals surface area contributed by atoms with Crippen molar-refractivity contribution in [3.63, 3.8) is 0 Å². The fourth-order valence-corrected chi connectivity index (χ4v) is 3.44. The van der Waals surface area contributed by atoms with Gasteiger partial charge in [-0.2, -0.15) is 0 Å². The lowest BCUT2D eigenvalue weighted by molar-refractivity contribution is -0.120. The van der Waals surface area contributed by atoms with Gasteiger partial charge in [0, 0.05) is 30.0 Å². The third-order valence-corrected chi connectivity index (χ3v) is 5.07. The van der Waals surface area contributed by atoms with Gasteiger partial charge in [-0.3, -0.25) is 19.7 Å². The molecule has 3 amide bonds. The minimum atomic E-state index is -0.615. The van der Waals surface area contributed by atoms with E-state index in [9.17, 15) is 14.4 Å². The van der Waals surface area contributed by atoms with Gasteiger partial charge in [0.25, 0.3) is 11.8 Å². The first kappa shape index (κ1) is 22.8. The molecule has 0 saturated carbocycles. The molecule has 0 aliphatic rings. The zero-order valence-electron chi connectivity index (χ0n) is 17.5. The smallest absolute Gasteiger partial charge is 0.257 e.